The maximum Gasteiger partial charge on any atom is 0.234 e. The van der Waals surface area contributed by atoms with Gasteiger partial charge in [-0.2, -0.15) is 0 Å². The number of likely N-dealkylation sites (N-methyl/N-ethyl adjacent to an activating group) is 1. The van der Waals surface area contributed by atoms with Gasteiger partial charge in [-0.05, 0) is 39.8 Å². The van der Waals surface area contributed by atoms with Crippen LogP contribution in [-0.2, 0) is 4.79 Å². The van der Waals surface area contributed by atoms with E-state index in [0.29, 0.717) is 18.8 Å². The van der Waals surface area contributed by atoms with Gasteiger partial charge in [0.2, 0.25) is 5.91 Å². The highest BCUT2D eigenvalue weighted by atomic mass is 16.4. The second-order valence-electron chi connectivity index (χ2n) is 5.72. The summed E-state index contributed by atoms with van der Waals surface area (Å²) in [5.74, 6) is 0.320. The average molecular weight is 256 g/mol. The Morgan fingerprint density at radius 2 is 2.17 bits per heavy atom. The fourth-order valence-electron chi connectivity index (χ4n) is 2.69. The molecule has 0 spiro atoms. The highest BCUT2D eigenvalue weighted by Crippen LogP contribution is 2.45. The van der Waals surface area contributed by atoms with Gasteiger partial charge in [0.15, 0.2) is 5.84 Å². The molecule has 6 nitrogen and oxygen atoms in total. The molecule has 0 aromatic rings. The van der Waals surface area contributed by atoms with E-state index in [9.17, 15) is 4.79 Å². The van der Waals surface area contributed by atoms with Crippen LogP contribution in [0.15, 0.2) is 5.16 Å². The van der Waals surface area contributed by atoms with Crippen LogP contribution in [0.1, 0.15) is 26.7 Å². The summed E-state index contributed by atoms with van der Waals surface area (Å²) in [5, 5.41) is 14.8. The zero-order chi connectivity index (χ0) is 13.9. The molecule has 1 amide bonds. The first kappa shape index (κ1) is 14.8. The van der Waals surface area contributed by atoms with Gasteiger partial charge in [-0.1, -0.05) is 12.1 Å². The molecule has 0 aliphatic heterocycles. The normalized spacial score (nSPS) is 29.8. The van der Waals surface area contributed by atoms with E-state index in [-0.39, 0.29) is 17.8 Å². The van der Waals surface area contributed by atoms with Crippen LogP contribution >= 0.6 is 0 Å². The molecule has 1 unspecified atom stereocenters. The average Bonchev–Trinajstić information content (AvgIpc) is 2.21. The molecule has 0 saturated heterocycles. The minimum atomic E-state index is -0.811. The number of nitrogens with one attached hydrogen (secondary N) is 1. The molecule has 0 radical (unpaired) electrons. The van der Waals surface area contributed by atoms with Crippen LogP contribution in [0.3, 0.4) is 0 Å². The van der Waals surface area contributed by atoms with Crippen molar-refractivity contribution in [1.29, 1.82) is 0 Å². The number of hydrogen-bond acceptors (Lipinski definition) is 4. The molecule has 0 aromatic carbocycles. The van der Waals surface area contributed by atoms with Crippen molar-refractivity contribution in [2.45, 2.75) is 32.7 Å². The summed E-state index contributed by atoms with van der Waals surface area (Å²) in [6.07, 6.45) is 1.28. The predicted octanol–water partition coefficient (Wildman–Crippen LogP) is 0.215. The first-order valence-corrected chi connectivity index (χ1v) is 6.25. The summed E-state index contributed by atoms with van der Waals surface area (Å²) in [6, 6.07) is 0.0340. The topological polar surface area (TPSA) is 91.0 Å². The lowest BCUT2D eigenvalue weighted by Crippen LogP contribution is -2.58. The first-order chi connectivity index (χ1) is 8.31. The molecule has 18 heavy (non-hydrogen) atoms. The number of rotatable bonds is 5. The fraction of sp³-hybridized carbons (Fsp3) is 0.833. The lowest BCUT2D eigenvalue weighted by atomic mass is 9.61. The third kappa shape index (κ3) is 2.93. The summed E-state index contributed by atoms with van der Waals surface area (Å²) < 4.78 is 0. The Bertz CT molecular complexity index is 335. The van der Waals surface area contributed by atoms with Gasteiger partial charge in [0.05, 0.1) is 0 Å². The summed E-state index contributed by atoms with van der Waals surface area (Å²) in [7, 11) is 3.90. The van der Waals surface area contributed by atoms with E-state index in [1.807, 2.05) is 25.9 Å². The van der Waals surface area contributed by atoms with Gasteiger partial charge in [0, 0.05) is 12.6 Å². The fourth-order valence-corrected chi connectivity index (χ4v) is 2.69. The van der Waals surface area contributed by atoms with E-state index in [0.717, 1.165) is 6.54 Å². The van der Waals surface area contributed by atoms with Gasteiger partial charge >= 0.3 is 0 Å². The zero-order valence-corrected chi connectivity index (χ0v) is 11.6. The quantitative estimate of drug-likeness (QED) is 0.284. The summed E-state index contributed by atoms with van der Waals surface area (Å²) in [4.78, 5) is 14.3. The van der Waals surface area contributed by atoms with Crippen molar-refractivity contribution < 1.29 is 10.0 Å². The molecule has 0 bridgehead atoms. The highest BCUT2D eigenvalue weighted by molar-refractivity contribution is 6.07. The number of oxime groups is 1. The molecule has 104 valence electrons. The Morgan fingerprint density at radius 1 is 1.61 bits per heavy atom. The minimum absolute atomic E-state index is 0.0233. The van der Waals surface area contributed by atoms with Crippen LogP contribution in [-0.4, -0.2) is 48.5 Å². The largest absolute Gasteiger partial charge is 0.409 e. The number of nitrogens with zero attached hydrogens (tertiary/aromatic N) is 2. The first-order valence-electron chi connectivity index (χ1n) is 6.25. The van der Waals surface area contributed by atoms with Crippen molar-refractivity contribution in [3.8, 4) is 0 Å². The SMILES string of the molecule is CC1CC(C(=O)NC(C)CN(C)C)(C(N)=NO)C1. The van der Waals surface area contributed by atoms with Crippen LogP contribution in [0.5, 0.6) is 0 Å². The van der Waals surface area contributed by atoms with E-state index in [4.69, 9.17) is 10.9 Å². The van der Waals surface area contributed by atoms with Crippen LogP contribution < -0.4 is 11.1 Å². The highest BCUT2D eigenvalue weighted by Gasteiger charge is 2.52. The third-order valence-corrected chi connectivity index (χ3v) is 3.44. The van der Waals surface area contributed by atoms with Crippen molar-refractivity contribution in [1.82, 2.24) is 10.2 Å². The standard InChI is InChI=1S/C12H24N4O2/c1-8-5-12(6-8,10(13)15-18)11(17)14-9(2)7-16(3)4/h8-9,18H,5-7H2,1-4H3,(H2,13,15)(H,14,17). The number of nitrogens with two attached hydrogens (primary N) is 1. The van der Waals surface area contributed by atoms with E-state index in [1.165, 1.54) is 0 Å². The van der Waals surface area contributed by atoms with Crippen molar-refractivity contribution in [2.24, 2.45) is 22.2 Å². The Hall–Kier alpha value is -1.30. The van der Waals surface area contributed by atoms with E-state index >= 15 is 0 Å². The van der Waals surface area contributed by atoms with E-state index < -0.39 is 5.41 Å². The Kier molecular flexibility index (Phi) is 4.56. The second kappa shape index (κ2) is 5.56. The minimum Gasteiger partial charge on any atom is -0.409 e. The molecule has 4 N–H and O–H groups in total. The number of amides is 1. The molecule has 1 atom stereocenters. The maximum absolute atomic E-state index is 12.3. The maximum atomic E-state index is 12.3. The number of carbonyl (C=O) groups excluding carboxylic acids is 1. The Labute approximate surface area is 108 Å². The van der Waals surface area contributed by atoms with Gasteiger partial charge in [0.1, 0.15) is 5.41 Å². The van der Waals surface area contributed by atoms with Crippen LogP contribution in [0.25, 0.3) is 0 Å². The van der Waals surface area contributed by atoms with Crippen molar-refractivity contribution in [3.05, 3.63) is 0 Å². The van der Waals surface area contributed by atoms with Gasteiger partial charge in [-0.3, -0.25) is 4.79 Å². The summed E-state index contributed by atoms with van der Waals surface area (Å²) in [5.41, 5.74) is 4.87. The van der Waals surface area contributed by atoms with Crippen LogP contribution in [0.4, 0.5) is 0 Å². The van der Waals surface area contributed by atoms with Crippen LogP contribution in [0, 0.1) is 11.3 Å². The molecule has 1 fully saturated rings. The van der Waals surface area contributed by atoms with Crippen molar-refractivity contribution in [3.63, 3.8) is 0 Å². The van der Waals surface area contributed by atoms with Crippen molar-refractivity contribution >= 4 is 11.7 Å². The molecule has 1 aliphatic rings. The number of carbonyl (C=O) groups is 1. The number of amidine groups is 1. The van der Waals surface area contributed by atoms with E-state index in [1.54, 1.807) is 0 Å². The van der Waals surface area contributed by atoms with Crippen LogP contribution in [0.2, 0.25) is 0 Å². The molecule has 0 aromatic heterocycles. The molecule has 1 saturated carbocycles. The van der Waals surface area contributed by atoms with Gasteiger partial charge in [-0.25, -0.2) is 0 Å². The predicted molar refractivity (Wildman–Crippen MR) is 70.4 cm³/mol. The van der Waals surface area contributed by atoms with Gasteiger partial charge < -0.3 is 21.2 Å². The van der Waals surface area contributed by atoms with Gasteiger partial charge in [0.25, 0.3) is 0 Å². The zero-order valence-electron chi connectivity index (χ0n) is 11.6. The molecule has 1 rings (SSSR count). The molecule has 6 heteroatoms. The van der Waals surface area contributed by atoms with E-state index in [2.05, 4.69) is 17.4 Å². The molecular weight excluding hydrogens is 232 g/mol. The summed E-state index contributed by atoms with van der Waals surface area (Å²) >= 11 is 0. The Balaban J connectivity index is 2.68. The monoisotopic (exact) mass is 256 g/mol. The molecule has 0 heterocycles. The lowest BCUT2D eigenvalue weighted by molar-refractivity contribution is -0.133. The second-order valence-corrected chi connectivity index (χ2v) is 5.72. The molecular formula is C12H24N4O2. The summed E-state index contributed by atoms with van der Waals surface area (Å²) in [6.45, 7) is 4.76. The van der Waals surface area contributed by atoms with Crippen molar-refractivity contribution in [2.75, 3.05) is 20.6 Å². The van der Waals surface area contributed by atoms with Gasteiger partial charge in [-0.15, -0.1) is 0 Å². The lowest BCUT2D eigenvalue weighted by Gasteiger charge is -2.44. The molecule has 1 aliphatic carbocycles. The smallest absolute Gasteiger partial charge is 0.234 e. The number of hydrogen-bond donors (Lipinski definition) is 3. The Morgan fingerprint density at radius 3 is 2.56 bits per heavy atom. The third-order valence-electron chi connectivity index (χ3n) is 3.44.